The number of amides is 1. The number of methoxy groups -OCH3 is 1. The molecule has 0 bridgehead atoms. The highest BCUT2D eigenvalue weighted by atomic mass is 35.5. The number of thiazole rings is 1. The van der Waals surface area contributed by atoms with Gasteiger partial charge in [0.2, 0.25) is 5.91 Å². The molecular formula is C22H21ClN2O3S. The molecule has 0 radical (unpaired) electrons. The Hall–Kier alpha value is -2.83. The smallest absolute Gasteiger partial charge is 0.250 e. The molecule has 0 aliphatic rings. The molecule has 150 valence electrons. The lowest BCUT2D eigenvalue weighted by atomic mass is 10.2. The zero-order valence-electron chi connectivity index (χ0n) is 16.1. The van der Waals surface area contributed by atoms with E-state index >= 15 is 0 Å². The molecule has 3 rings (SSSR count). The van der Waals surface area contributed by atoms with Crippen LogP contribution in [0.2, 0.25) is 5.02 Å². The number of ether oxygens (including phenoxy) is 2. The lowest BCUT2D eigenvalue weighted by Gasteiger charge is -2.10. The maximum atomic E-state index is 12.2. The Morgan fingerprint density at radius 3 is 2.83 bits per heavy atom. The fourth-order valence-electron chi connectivity index (χ4n) is 2.56. The van der Waals surface area contributed by atoms with Gasteiger partial charge in [0.25, 0.3) is 0 Å². The molecule has 0 atom stereocenters. The number of rotatable bonds is 8. The first kappa shape index (κ1) is 20.9. The van der Waals surface area contributed by atoms with Gasteiger partial charge in [0, 0.05) is 22.0 Å². The van der Waals surface area contributed by atoms with Crippen molar-refractivity contribution in [1.29, 1.82) is 0 Å². The highest BCUT2D eigenvalue weighted by Gasteiger charge is 2.09. The lowest BCUT2D eigenvalue weighted by molar-refractivity contribution is -0.111. The average Bonchev–Trinajstić information content (AvgIpc) is 3.19. The van der Waals surface area contributed by atoms with E-state index in [2.05, 4.69) is 10.3 Å². The van der Waals surface area contributed by atoms with E-state index < -0.39 is 0 Å². The summed E-state index contributed by atoms with van der Waals surface area (Å²) >= 11 is 7.55. The van der Waals surface area contributed by atoms with Crippen molar-refractivity contribution in [3.63, 3.8) is 0 Å². The first-order valence-electron chi connectivity index (χ1n) is 9.11. The van der Waals surface area contributed by atoms with E-state index in [1.165, 1.54) is 17.4 Å². The van der Waals surface area contributed by atoms with Gasteiger partial charge in [0.15, 0.2) is 16.6 Å². The first-order chi connectivity index (χ1) is 14.1. The molecule has 7 heteroatoms. The summed E-state index contributed by atoms with van der Waals surface area (Å²) in [6.45, 7) is 2.67. The highest BCUT2D eigenvalue weighted by Crippen LogP contribution is 2.31. The monoisotopic (exact) mass is 428 g/mol. The average molecular weight is 429 g/mol. The zero-order chi connectivity index (χ0) is 20.6. The maximum absolute atomic E-state index is 12.2. The summed E-state index contributed by atoms with van der Waals surface area (Å²) < 4.78 is 11.0. The molecule has 0 unspecified atom stereocenters. The number of carbonyl (C=O) groups is 1. The van der Waals surface area contributed by atoms with Gasteiger partial charge in [-0.1, -0.05) is 42.8 Å². The highest BCUT2D eigenvalue weighted by molar-refractivity contribution is 7.14. The van der Waals surface area contributed by atoms with Gasteiger partial charge in [-0.3, -0.25) is 10.1 Å². The molecule has 0 spiro atoms. The van der Waals surface area contributed by atoms with Crippen LogP contribution in [0.15, 0.2) is 53.9 Å². The normalized spacial score (nSPS) is 10.9. The molecule has 1 heterocycles. The van der Waals surface area contributed by atoms with Gasteiger partial charge < -0.3 is 9.47 Å². The van der Waals surface area contributed by atoms with Crippen molar-refractivity contribution in [3.05, 3.63) is 64.5 Å². The number of hydrogen-bond acceptors (Lipinski definition) is 5. The molecule has 1 amide bonds. The summed E-state index contributed by atoms with van der Waals surface area (Å²) in [5, 5.41) is 5.76. The van der Waals surface area contributed by atoms with E-state index in [1.807, 2.05) is 54.8 Å². The Bertz CT molecular complexity index is 1020. The molecule has 3 aromatic rings. The summed E-state index contributed by atoms with van der Waals surface area (Å²) in [7, 11) is 1.59. The second kappa shape index (κ2) is 10.1. The second-order valence-corrected chi connectivity index (χ2v) is 7.36. The van der Waals surface area contributed by atoms with Crippen LogP contribution in [0.3, 0.4) is 0 Å². The summed E-state index contributed by atoms with van der Waals surface area (Å²) in [4.78, 5) is 16.7. The van der Waals surface area contributed by atoms with Crippen LogP contribution in [0.1, 0.15) is 18.9 Å². The Labute approximate surface area is 179 Å². The van der Waals surface area contributed by atoms with Gasteiger partial charge in [-0.05, 0) is 36.3 Å². The number of nitrogens with one attached hydrogen (secondary N) is 1. The minimum absolute atomic E-state index is 0.268. The van der Waals surface area contributed by atoms with Crippen molar-refractivity contribution in [2.24, 2.45) is 0 Å². The van der Waals surface area contributed by atoms with Crippen molar-refractivity contribution < 1.29 is 14.3 Å². The fraction of sp³-hybridized carbons (Fsp3) is 0.182. The predicted octanol–water partition coefficient (Wildman–Crippen LogP) is 5.91. The van der Waals surface area contributed by atoms with E-state index in [4.69, 9.17) is 21.1 Å². The minimum atomic E-state index is -0.268. The van der Waals surface area contributed by atoms with Crippen LogP contribution in [0.25, 0.3) is 17.3 Å². The molecule has 1 N–H and O–H groups in total. The van der Waals surface area contributed by atoms with Crippen LogP contribution < -0.4 is 14.8 Å². The topological polar surface area (TPSA) is 60.5 Å². The third kappa shape index (κ3) is 5.59. The molecule has 0 saturated heterocycles. The number of anilines is 1. The summed E-state index contributed by atoms with van der Waals surface area (Å²) in [5.41, 5.74) is 2.39. The molecule has 1 aromatic heterocycles. The molecular weight excluding hydrogens is 408 g/mol. The van der Waals surface area contributed by atoms with Crippen LogP contribution in [0.5, 0.6) is 11.5 Å². The van der Waals surface area contributed by atoms with Crippen LogP contribution in [0.4, 0.5) is 5.13 Å². The van der Waals surface area contributed by atoms with E-state index in [0.717, 1.165) is 23.2 Å². The van der Waals surface area contributed by atoms with Crippen LogP contribution in [-0.2, 0) is 4.79 Å². The molecule has 0 saturated carbocycles. The quantitative estimate of drug-likeness (QED) is 0.453. The van der Waals surface area contributed by atoms with Crippen molar-refractivity contribution in [1.82, 2.24) is 4.98 Å². The summed E-state index contributed by atoms with van der Waals surface area (Å²) in [6, 6.07) is 13.0. The number of carbonyl (C=O) groups excluding carboxylic acids is 1. The fourth-order valence-corrected chi connectivity index (χ4v) is 3.51. The second-order valence-electron chi connectivity index (χ2n) is 6.10. The molecule has 29 heavy (non-hydrogen) atoms. The third-order valence-electron chi connectivity index (χ3n) is 3.96. The van der Waals surface area contributed by atoms with Gasteiger partial charge in [-0.25, -0.2) is 4.98 Å². The van der Waals surface area contributed by atoms with Crippen molar-refractivity contribution in [3.8, 4) is 22.8 Å². The maximum Gasteiger partial charge on any atom is 0.250 e. The summed E-state index contributed by atoms with van der Waals surface area (Å²) in [6.07, 6.45) is 4.09. The van der Waals surface area contributed by atoms with E-state index in [1.54, 1.807) is 13.2 Å². The Balaban J connectivity index is 1.65. The van der Waals surface area contributed by atoms with Crippen LogP contribution in [-0.4, -0.2) is 24.6 Å². The van der Waals surface area contributed by atoms with Gasteiger partial charge in [0.1, 0.15) is 0 Å². The van der Waals surface area contributed by atoms with Gasteiger partial charge >= 0.3 is 0 Å². The largest absolute Gasteiger partial charge is 0.493 e. The molecule has 5 nitrogen and oxygen atoms in total. The predicted molar refractivity (Wildman–Crippen MR) is 119 cm³/mol. The Morgan fingerprint density at radius 2 is 2.07 bits per heavy atom. The molecule has 0 fully saturated rings. The van der Waals surface area contributed by atoms with Crippen LogP contribution in [0, 0.1) is 0 Å². The SMILES string of the molecule is CCCOc1ccc(/C=C/C(=O)Nc2nc(-c3ccccc3Cl)cs2)cc1OC. The number of hydrogen-bond donors (Lipinski definition) is 1. The Kier molecular flexibility index (Phi) is 7.27. The van der Waals surface area contributed by atoms with Crippen molar-refractivity contribution in [2.75, 3.05) is 19.0 Å². The molecule has 2 aromatic carbocycles. The lowest BCUT2D eigenvalue weighted by Crippen LogP contribution is -2.07. The zero-order valence-corrected chi connectivity index (χ0v) is 17.7. The summed E-state index contributed by atoms with van der Waals surface area (Å²) in [5.74, 6) is 1.05. The van der Waals surface area contributed by atoms with E-state index in [-0.39, 0.29) is 5.91 Å². The third-order valence-corrected chi connectivity index (χ3v) is 5.05. The van der Waals surface area contributed by atoms with Crippen molar-refractivity contribution >= 4 is 40.1 Å². The van der Waals surface area contributed by atoms with E-state index in [0.29, 0.717) is 28.3 Å². The van der Waals surface area contributed by atoms with E-state index in [9.17, 15) is 4.79 Å². The van der Waals surface area contributed by atoms with Gasteiger partial charge in [-0.15, -0.1) is 11.3 Å². The molecule has 0 aliphatic carbocycles. The molecule has 0 aliphatic heterocycles. The number of nitrogens with zero attached hydrogens (tertiary/aromatic N) is 1. The standard InChI is InChI=1S/C22H21ClN2O3S/c1-3-12-28-19-10-8-15(13-20(19)27-2)9-11-21(26)25-22-24-18(14-29-22)16-6-4-5-7-17(16)23/h4-11,13-14H,3,12H2,1-2H3,(H,24,25,26)/b11-9+. The number of benzene rings is 2. The van der Waals surface area contributed by atoms with Crippen molar-refractivity contribution in [2.45, 2.75) is 13.3 Å². The number of aromatic nitrogens is 1. The minimum Gasteiger partial charge on any atom is -0.493 e. The number of halogens is 1. The first-order valence-corrected chi connectivity index (χ1v) is 10.4. The van der Waals surface area contributed by atoms with Gasteiger partial charge in [-0.2, -0.15) is 0 Å². The van der Waals surface area contributed by atoms with Gasteiger partial charge in [0.05, 0.1) is 19.4 Å². The van der Waals surface area contributed by atoms with Crippen LogP contribution >= 0.6 is 22.9 Å². The Morgan fingerprint density at radius 1 is 1.24 bits per heavy atom.